The summed E-state index contributed by atoms with van der Waals surface area (Å²) in [4.78, 5) is 14.5. The van der Waals surface area contributed by atoms with Crippen LogP contribution < -0.4 is 0 Å². The molecule has 0 aliphatic carbocycles. The number of nitriles is 1. The summed E-state index contributed by atoms with van der Waals surface area (Å²) in [6.45, 7) is 0. The maximum absolute atomic E-state index is 12.4. The molecule has 0 N–H and O–H groups in total. The Labute approximate surface area is 101 Å². The van der Waals surface area contributed by atoms with Gasteiger partial charge in [0, 0.05) is 5.56 Å². The van der Waals surface area contributed by atoms with Crippen molar-refractivity contribution < 1.29 is 18.3 Å². The number of ether oxygens (including phenoxy) is 1. The summed E-state index contributed by atoms with van der Waals surface area (Å²) in [5.41, 5.74) is -0.615. The fourth-order valence-corrected chi connectivity index (χ4v) is 1.42. The molecule has 0 fully saturated rings. The molecule has 1 heterocycles. The quantitative estimate of drug-likeness (QED) is 0.618. The summed E-state index contributed by atoms with van der Waals surface area (Å²) in [5.74, 6) is -0.630. The van der Waals surface area contributed by atoms with Crippen LogP contribution in [-0.2, 0) is 16.0 Å². The summed E-state index contributed by atoms with van der Waals surface area (Å²) in [5, 5.41) is 8.51. The molecule has 0 aliphatic rings. The van der Waals surface area contributed by atoms with Gasteiger partial charge in [0.05, 0.1) is 25.2 Å². The van der Waals surface area contributed by atoms with E-state index in [-0.39, 0.29) is 22.7 Å². The van der Waals surface area contributed by atoms with Crippen LogP contribution in [0.15, 0.2) is 6.07 Å². The van der Waals surface area contributed by atoms with Gasteiger partial charge in [-0.15, -0.1) is 0 Å². The van der Waals surface area contributed by atoms with E-state index in [1.807, 2.05) is 0 Å². The van der Waals surface area contributed by atoms with Gasteiger partial charge in [0.1, 0.15) is 10.8 Å². The molecule has 0 saturated heterocycles. The number of esters is 1. The molecule has 1 rings (SSSR count). The molecule has 1 aromatic heterocycles. The number of rotatable bonds is 3. The largest absolute Gasteiger partial charge is 0.469 e. The van der Waals surface area contributed by atoms with E-state index in [4.69, 9.17) is 16.9 Å². The lowest BCUT2D eigenvalue weighted by molar-refractivity contribution is -0.139. The number of alkyl halides is 2. The van der Waals surface area contributed by atoms with E-state index in [0.717, 1.165) is 6.07 Å². The number of carbonyl (C=O) groups is 1. The minimum Gasteiger partial charge on any atom is -0.469 e. The lowest BCUT2D eigenvalue weighted by Gasteiger charge is -2.07. The van der Waals surface area contributed by atoms with Crippen molar-refractivity contribution in [3.63, 3.8) is 0 Å². The van der Waals surface area contributed by atoms with E-state index < -0.39 is 18.1 Å². The Balaban J connectivity index is 3.22. The Bertz CT molecular complexity index is 486. The normalized spacial score (nSPS) is 10.1. The van der Waals surface area contributed by atoms with Crippen LogP contribution in [0.1, 0.15) is 23.2 Å². The third kappa shape index (κ3) is 3.11. The van der Waals surface area contributed by atoms with Crippen LogP contribution in [-0.4, -0.2) is 18.1 Å². The lowest BCUT2D eigenvalue weighted by atomic mass is 10.1. The average Bonchev–Trinajstić information content (AvgIpc) is 2.30. The first-order chi connectivity index (χ1) is 7.99. The molecule has 0 spiro atoms. The summed E-state index contributed by atoms with van der Waals surface area (Å²) < 4.78 is 29.2. The van der Waals surface area contributed by atoms with Crippen molar-refractivity contribution in [2.75, 3.05) is 7.11 Å². The molecule has 90 valence electrons. The highest BCUT2D eigenvalue weighted by Gasteiger charge is 2.18. The van der Waals surface area contributed by atoms with Crippen LogP contribution in [0.25, 0.3) is 0 Å². The van der Waals surface area contributed by atoms with Crippen LogP contribution in [0.4, 0.5) is 8.78 Å². The first-order valence-corrected chi connectivity index (χ1v) is 4.81. The Morgan fingerprint density at radius 1 is 1.71 bits per heavy atom. The third-order valence-corrected chi connectivity index (χ3v) is 2.30. The fraction of sp³-hybridized carbons (Fsp3) is 0.300. The lowest BCUT2D eigenvalue weighted by Crippen LogP contribution is -2.08. The van der Waals surface area contributed by atoms with E-state index in [1.165, 1.54) is 7.11 Å². The van der Waals surface area contributed by atoms with Crippen molar-refractivity contribution in [3.8, 4) is 6.07 Å². The zero-order valence-corrected chi connectivity index (χ0v) is 9.46. The van der Waals surface area contributed by atoms with Crippen LogP contribution in [0.3, 0.4) is 0 Å². The van der Waals surface area contributed by atoms with E-state index in [9.17, 15) is 13.6 Å². The minimum absolute atomic E-state index is 0.0883. The third-order valence-electron chi connectivity index (χ3n) is 1.99. The highest BCUT2D eigenvalue weighted by Crippen LogP contribution is 2.25. The van der Waals surface area contributed by atoms with Gasteiger partial charge < -0.3 is 4.74 Å². The van der Waals surface area contributed by atoms with Crippen LogP contribution in [0.2, 0.25) is 5.15 Å². The van der Waals surface area contributed by atoms with Gasteiger partial charge in [0.25, 0.3) is 6.43 Å². The predicted molar refractivity (Wildman–Crippen MR) is 54.6 cm³/mol. The first-order valence-electron chi connectivity index (χ1n) is 4.44. The van der Waals surface area contributed by atoms with Crippen molar-refractivity contribution in [1.82, 2.24) is 4.98 Å². The molecular formula is C10H7ClF2N2O2. The molecule has 4 nitrogen and oxygen atoms in total. The van der Waals surface area contributed by atoms with Gasteiger partial charge in [-0.3, -0.25) is 4.79 Å². The predicted octanol–water partition coefficient (Wildman–Crippen LogP) is 2.26. The molecule has 1 aromatic rings. The number of halogens is 3. The summed E-state index contributed by atoms with van der Waals surface area (Å²) in [7, 11) is 1.17. The first kappa shape index (κ1) is 13.3. The van der Waals surface area contributed by atoms with E-state index >= 15 is 0 Å². The van der Waals surface area contributed by atoms with E-state index in [2.05, 4.69) is 9.72 Å². The van der Waals surface area contributed by atoms with Gasteiger partial charge in [-0.25, -0.2) is 13.8 Å². The monoisotopic (exact) mass is 260 g/mol. The van der Waals surface area contributed by atoms with Crippen molar-refractivity contribution in [3.05, 3.63) is 28.0 Å². The van der Waals surface area contributed by atoms with Gasteiger partial charge in [-0.2, -0.15) is 5.26 Å². The number of pyridine rings is 1. The summed E-state index contributed by atoms with van der Waals surface area (Å²) >= 11 is 5.66. The SMILES string of the molecule is COC(=O)Cc1c(C#N)cc(C(F)F)nc1Cl. The van der Waals surface area contributed by atoms with Crippen LogP contribution in [0, 0.1) is 11.3 Å². The number of hydrogen-bond donors (Lipinski definition) is 0. The average molecular weight is 261 g/mol. The molecule has 0 aliphatic heterocycles. The van der Waals surface area contributed by atoms with E-state index in [0.29, 0.717) is 0 Å². The van der Waals surface area contributed by atoms with E-state index in [1.54, 1.807) is 6.07 Å². The second-order valence-electron chi connectivity index (χ2n) is 3.03. The zero-order valence-electron chi connectivity index (χ0n) is 8.71. The second-order valence-corrected chi connectivity index (χ2v) is 3.39. The molecular weight excluding hydrogens is 254 g/mol. The topological polar surface area (TPSA) is 63.0 Å². The number of hydrogen-bond acceptors (Lipinski definition) is 4. The smallest absolute Gasteiger partial charge is 0.310 e. The summed E-state index contributed by atoms with van der Waals surface area (Å²) in [6, 6.07) is 2.61. The molecule has 0 aromatic carbocycles. The maximum Gasteiger partial charge on any atom is 0.310 e. The van der Waals surface area contributed by atoms with Crippen LogP contribution >= 0.6 is 11.6 Å². The molecule has 0 radical (unpaired) electrons. The molecule has 7 heteroatoms. The van der Waals surface area contributed by atoms with Gasteiger partial charge in [-0.05, 0) is 6.07 Å². The standard InChI is InChI=1S/C10H7ClF2N2O2/c1-17-8(16)3-6-5(4-14)2-7(10(12)13)15-9(6)11/h2,10H,3H2,1H3. The highest BCUT2D eigenvalue weighted by atomic mass is 35.5. The number of methoxy groups -OCH3 is 1. The molecule has 0 unspecified atom stereocenters. The van der Waals surface area contributed by atoms with Crippen LogP contribution in [0.5, 0.6) is 0 Å². The number of nitrogens with zero attached hydrogens (tertiary/aromatic N) is 2. The fourth-order valence-electron chi connectivity index (χ4n) is 1.16. The summed E-state index contributed by atoms with van der Waals surface area (Å²) in [6.07, 6.45) is -3.11. The van der Waals surface area contributed by atoms with Crippen molar-refractivity contribution in [2.45, 2.75) is 12.8 Å². The Hall–Kier alpha value is -1.74. The second kappa shape index (κ2) is 5.55. The van der Waals surface area contributed by atoms with Gasteiger partial charge >= 0.3 is 5.97 Å². The van der Waals surface area contributed by atoms with Gasteiger partial charge in [0.2, 0.25) is 0 Å². The van der Waals surface area contributed by atoms with Crippen molar-refractivity contribution in [1.29, 1.82) is 5.26 Å². The van der Waals surface area contributed by atoms with Crippen molar-refractivity contribution in [2.24, 2.45) is 0 Å². The highest BCUT2D eigenvalue weighted by molar-refractivity contribution is 6.30. The molecule has 0 amide bonds. The minimum atomic E-state index is -2.83. The molecule has 17 heavy (non-hydrogen) atoms. The van der Waals surface area contributed by atoms with Gasteiger partial charge in [0.15, 0.2) is 0 Å². The Kier molecular flexibility index (Phi) is 4.35. The maximum atomic E-state index is 12.4. The Morgan fingerprint density at radius 3 is 2.82 bits per heavy atom. The zero-order chi connectivity index (χ0) is 13.0. The molecule has 0 atom stereocenters. The molecule has 0 saturated carbocycles. The Morgan fingerprint density at radius 2 is 2.35 bits per heavy atom. The van der Waals surface area contributed by atoms with Gasteiger partial charge in [-0.1, -0.05) is 11.6 Å². The van der Waals surface area contributed by atoms with Crippen molar-refractivity contribution >= 4 is 17.6 Å². The number of carbonyl (C=O) groups excluding carboxylic acids is 1. The number of aromatic nitrogens is 1. The molecule has 0 bridgehead atoms.